The normalized spacial score (nSPS) is 16.0. The third kappa shape index (κ3) is 2.88. The summed E-state index contributed by atoms with van der Waals surface area (Å²) < 4.78 is 0. The molecule has 1 saturated carbocycles. The van der Waals surface area contributed by atoms with Gasteiger partial charge in [0.2, 0.25) is 0 Å². The number of aromatic nitrogens is 2. The highest BCUT2D eigenvalue weighted by molar-refractivity contribution is 5.92. The van der Waals surface area contributed by atoms with Gasteiger partial charge in [-0.15, -0.1) is 0 Å². The minimum absolute atomic E-state index is 0.0575. The van der Waals surface area contributed by atoms with Crippen LogP contribution in [0, 0.1) is 12.8 Å². The first-order valence-electron chi connectivity index (χ1n) is 8.79. The molecule has 1 amide bonds. The maximum absolute atomic E-state index is 13.0. The fourth-order valence-electron chi connectivity index (χ4n) is 3.61. The van der Waals surface area contributed by atoms with Gasteiger partial charge in [-0.3, -0.25) is 9.89 Å². The van der Waals surface area contributed by atoms with Gasteiger partial charge in [0.25, 0.3) is 5.91 Å². The number of allylic oxidation sites excluding steroid dienone is 1. The number of fused-ring (bicyclic) bond motifs is 1. The zero-order valence-electron chi connectivity index (χ0n) is 14.1. The Morgan fingerprint density at radius 1 is 1.38 bits per heavy atom. The molecule has 0 spiro atoms. The molecule has 0 unspecified atom stereocenters. The Bertz CT molecular complexity index is 786. The van der Waals surface area contributed by atoms with E-state index in [4.69, 9.17) is 0 Å². The second-order valence-electron chi connectivity index (χ2n) is 7.00. The van der Waals surface area contributed by atoms with Crippen molar-refractivity contribution in [1.82, 2.24) is 15.1 Å². The highest BCUT2D eigenvalue weighted by Gasteiger charge is 2.26. The summed E-state index contributed by atoms with van der Waals surface area (Å²) >= 11 is 0. The molecule has 0 radical (unpaired) electrons. The Kier molecular flexibility index (Phi) is 3.97. The Balaban J connectivity index is 1.59. The van der Waals surface area contributed by atoms with Crippen molar-refractivity contribution in [3.63, 3.8) is 0 Å². The molecule has 1 aromatic heterocycles. The molecular formula is C20H23N3O. The Morgan fingerprint density at radius 2 is 2.25 bits per heavy atom. The molecule has 0 atom stereocenters. The van der Waals surface area contributed by atoms with Crippen LogP contribution in [0.5, 0.6) is 0 Å². The van der Waals surface area contributed by atoms with Gasteiger partial charge in [0.1, 0.15) is 5.69 Å². The summed E-state index contributed by atoms with van der Waals surface area (Å²) in [5.74, 6) is 0.701. The van der Waals surface area contributed by atoms with Crippen LogP contribution in [0.3, 0.4) is 0 Å². The van der Waals surface area contributed by atoms with Crippen molar-refractivity contribution in [2.75, 3.05) is 6.54 Å². The molecule has 1 heterocycles. The summed E-state index contributed by atoms with van der Waals surface area (Å²) in [6.45, 7) is 3.41. The third-order valence-electron chi connectivity index (χ3n) is 5.20. The second kappa shape index (κ2) is 6.27. The maximum Gasteiger partial charge on any atom is 0.272 e. The number of H-pyrrole nitrogens is 1. The van der Waals surface area contributed by atoms with Gasteiger partial charge in [0, 0.05) is 13.1 Å². The van der Waals surface area contributed by atoms with E-state index in [1.54, 1.807) is 0 Å². The van der Waals surface area contributed by atoms with Crippen molar-refractivity contribution < 1.29 is 4.79 Å². The van der Waals surface area contributed by atoms with Crippen molar-refractivity contribution in [1.29, 1.82) is 0 Å². The number of benzene rings is 1. The Morgan fingerprint density at radius 3 is 2.96 bits per heavy atom. The number of nitrogens with zero attached hydrogens (tertiary/aromatic N) is 2. The molecule has 1 aromatic carbocycles. The first-order valence-corrected chi connectivity index (χ1v) is 8.79. The number of carbonyl (C=O) groups excluding carboxylic acids is 1. The number of aromatic amines is 1. The van der Waals surface area contributed by atoms with Gasteiger partial charge >= 0.3 is 0 Å². The predicted octanol–water partition coefficient (Wildman–Crippen LogP) is 3.73. The van der Waals surface area contributed by atoms with Gasteiger partial charge in [0.05, 0.1) is 5.69 Å². The lowest BCUT2D eigenvalue weighted by Crippen LogP contribution is -2.37. The van der Waals surface area contributed by atoms with Gasteiger partial charge in [-0.25, -0.2) is 0 Å². The molecule has 4 heteroatoms. The average molecular weight is 321 g/mol. The van der Waals surface area contributed by atoms with Gasteiger partial charge in [-0.1, -0.05) is 36.8 Å². The molecule has 4 rings (SSSR count). The molecule has 2 aliphatic carbocycles. The van der Waals surface area contributed by atoms with Gasteiger partial charge in [-0.2, -0.15) is 5.10 Å². The molecule has 1 fully saturated rings. The summed E-state index contributed by atoms with van der Waals surface area (Å²) in [5, 5.41) is 6.99. The molecule has 2 aromatic rings. The summed E-state index contributed by atoms with van der Waals surface area (Å²) in [6.07, 6.45) is 9.15. The molecule has 24 heavy (non-hydrogen) atoms. The zero-order valence-corrected chi connectivity index (χ0v) is 14.1. The molecule has 0 aliphatic heterocycles. The quantitative estimate of drug-likeness (QED) is 0.912. The smallest absolute Gasteiger partial charge is 0.272 e. The Hall–Kier alpha value is -2.36. The van der Waals surface area contributed by atoms with Crippen molar-refractivity contribution in [3.8, 4) is 0 Å². The summed E-state index contributed by atoms with van der Waals surface area (Å²) in [7, 11) is 0. The SMILES string of the molecule is Cc1cc(C(=O)N(Cc2cccc3c2C=CC3)CC2CCC2)[nH]n1. The van der Waals surface area contributed by atoms with Crippen LogP contribution in [0.2, 0.25) is 0 Å². The van der Waals surface area contributed by atoms with Crippen LogP contribution in [0.25, 0.3) is 6.08 Å². The number of carbonyl (C=O) groups is 1. The fraction of sp³-hybridized carbons (Fsp3) is 0.400. The van der Waals surface area contributed by atoms with E-state index in [9.17, 15) is 4.79 Å². The minimum Gasteiger partial charge on any atom is -0.333 e. The highest BCUT2D eigenvalue weighted by atomic mass is 16.2. The monoisotopic (exact) mass is 321 g/mol. The number of hydrogen-bond acceptors (Lipinski definition) is 2. The van der Waals surface area contributed by atoms with Crippen LogP contribution in [0.4, 0.5) is 0 Å². The van der Waals surface area contributed by atoms with E-state index >= 15 is 0 Å². The lowest BCUT2D eigenvalue weighted by atomic mass is 9.85. The van der Waals surface area contributed by atoms with Crippen molar-refractivity contribution in [3.05, 3.63) is 58.4 Å². The van der Waals surface area contributed by atoms with Gasteiger partial charge in [-0.05, 0) is 54.9 Å². The Labute approximate surface area is 142 Å². The number of aryl methyl sites for hydroxylation is 1. The molecule has 0 saturated heterocycles. The summed E-state index contributed by atoms with van der Waals surface area (Å²) in [5.41, 5.74) is 5.34. The molecule has 1 N–H and O–H groups in total. The number of hydrogen-bond donors (Lipinski definition) is 1. The lowest BCUT2D eigenvalue weighted by Gasteiger charge is -2.32. The first-order chi connectivity index (χ1) is 11.7. The summed E-state index contributed by atoms with van der Waals surface area (Å²) in [6, 6.07) is 8.27. The van der Waals surface area contributed by atoms with E-state index in [1.807, 2.05) is 17.9 Å². The van der Waals surface area contributed by atoms with E-state index in [-0.39, 0.29) is 5.91 Å². The van der Waals surface area contributed by atoms with Crippen LogP contribution in [-0.4, -0.2) is 27.5 Å². The van der Waals surface area contributed by atoms with E-state index in [1.165, 1.54) is 36.0 Å². The minimum atomic E-state index is 0.0575. The molecular weight excluding hydrogens is 298 g/mol. The van der Waals surface area contributed by atoms with Gasteiger partial charge in [0.15, 0.2) is 0 Å². The van der Waals surface area contributed by atoms with Crippen LogP contribution >= 0.6 is 0 Å². The van der Waals surface area contributed by atoms with E-state index in [0.717, 1.165) is 18.7 Å². The molecule has 4 nitrogen and oxygen atoms in total. The van der Waals surface area contributed by atoms with Crippen LogP contribution < -0.4 is 0 Å². The zero-order chi connectivity index (χ0) is 16.5. The summed E-state index contributed by atoms with van der Waals surface area (Å²) in [4.78, 5) is 15.0. The van der Waals surface area contributed by atoms with Crippen LogP contribution in [0.15, 0.2) is 30.3 Å². The largest absolute Gasteiger partial charge is 0.333 e. The molecule has 0 bridgehead atoms. The van der Waals surface area contributed by atoms with E-state index in [0.29, 0.717) is 18.2 Å². The highest BCUT2D eigenvalue weighted by Crippen LogP contribution is 2.29. The standard InChI is InChI=1S/C20H23N3O/c1-14-11-19(22-21-14)20(24)23(12-15-5-2-6-15)13-17-9-3-7-16-8-4-10-18(16)17/h3-4,7,9-11,15H,2,5-6,8,12-13H2,1H3,(H,21,22). The van der Waals surface area contributed by atoms with Crippen molar-refractivity contribution in [2.45, 2.75) is 39.2 Å². The molecule has 124 valence electrons. The van der Waals surface area contributed by atoms with Gasteiger partial charge < -0.3 is 4.90 Å². The topological polar surface area (TPSA) is 49.0 Å². The van der Waals surface area contributed by atoms with E-state index in [2.05, 4.69) is 40.5 Å². The maximum atomic E-state index is 13.0. The van der Waals surface area contributed by atoms with Crippen molar-refractivity contribution in [2.24, 2.45) is 5.92 Å². The average Bonchev–Trinajstić information content (AvgIpc) is 3.17. The number of amides is 1. The third-order valence-corrected chi connectivity index (χ3v) is 5.20. The predicted molar refractivity (Wildman–Crippen MR) is 94.6 cm³/mol. The fourth-order valence-corrected chi connectivity index (χ4v) is 3.61. The number of nitrogens with one attached hydrogen (secondary N) is 1. The van der Waals surface area contributed by atoms with Crippen LogP contribution in [0.1, 0.15) is 52.1 Å². The first kappa shape index (κ1) is 15.2. The van der Waals surface area contributed by atoms with Crippen molar-refractivity contribution >= 4 is 12.0 Å². The van der Waals surface area contributed by atoms with E-state index < -0.39 is 0 Å². The number of rotatable bonds is 5. The second-order valence-corrected chi connectivity index (χ2v) is 7.00. The lowest BCUT2D eigenvalue weighted by molar-refractivity contribution is 0.0673. The molecule has 2 aliphatic rings. The van der Waals surface area contributed by atoms with Crippen LogP contribution in [-0.2, 0) is 13.0 Å².